The van der Waals surface area contributed by atoms with Crippen molar-refractivity contribution in [3.8, 4) is 28.3 Å². The van der Waals surface area contributed by atoms with E-state index in [0.717, 1.165) is 65.9 Å². The SMILES string of the molecule is C=CC(C)C(=O)NC1(CC)CCN(c2ccc(-c3cc(-c4cnn(C)c4)cn4ncc(C#N)c34)cn2)CC1. The number of nitrogens with one attached hydrogen (secondary N) is 1. The van der Waals surface area contributed by atoms with Crippen molar-refractivity contribution in [1.82, 2.24) is 29.7 Å². The largest absolute Gasteiger partial charge is 0.356 e. The summed E-state index contributed by atoms with van der Waals surface area (Å²) in [4.78, 5) is 19.6. The lowest BCUT2D eigenvalue weighted by molar-refractivity contribution is -0.125. The third-order valence-corrected chi connectivity index (χ3v) is 7.71. The van der Waals surface area contributed by atoms with E-state index in [4.69, 9.17) is 4.98 Å². The van der Waals surface area contributed by atoms with Gasteiger partial charge in [-0.15, -0.1) is 6.58 Å². The van der Waals surface area contributed by atoms with E-state index in [1.165, 1.54) is 0 Å². The smallest absolute Gasteiger partial charge is 0.227 e. The molecule has 0 spiro atoms. The Balaban J connectivity index is 1.40. The normalized spacial score (nSPS) is 15.7. The van der Waals surface area contributed by atoms with Crippen molar-refractivity contribution in [3.05, 3.63) is 67.4 Å². The van der Waals surface area contributed by atoms with Gasteiger partial charge in [0.2, 0.25) is 5.91 Å². The van der Waals surface area contributed by atoms with E-state index >= 15 is 0 Å². The Labute approximate surface area is 222 Å². The summed E-state index contributed by atoms with van der Waals surface area (Å²) in [5.74, 6) is 0.734. The van der Waals surface area contributed by atoms with Crippen LogP contribution in [0, 0.1) is 17.2 Å². The highest BCUT2D eigenvalue weighted by Crippen LogP contribution is 2.33. The van der Waals surface area contributed by atoms with E-state index in [-0.39, 0.29) is 17.4 Å². The number of aryl methyl sites for hydroxylation is 1. The molecule has 194 valence electrons. The molecule has 1 N–H and O–H groups in total. The number of carbonyl (C=O) groups excluding carboxylic acids is 1. The zero-order valence-electron chi connectivity index (χ0n) is 22.1. The van der Waals surface area contributed by atoms with Gasteiger partial charge >= 0.3 is 0 Å². The van der Waals surface area contributed by atoms with Crippen molar-refractivity contribution in [2.45, 2.75) is 38.6 Å². The van der Waals surface area contributed by atoms with E-state index in [9.17, 15) is 10.1 Å². The number of nitrogens with zero attached hydrogens (tertiary/aromatic N) is 7. The molecule has 1 atom stereocenters. The van der Waals surface area contributed by atoms with Gasteiger partial charge in [-0.1, -0.05) is 19.9 Å². The number of nitriles is 1. The molecule has 1 aliphatic rings. The molecule has 9 nitrogen and oxygen atoms in total. The van der Waals surface area contributed by atoms with Crippen molar-refractivity contribution >= 4 is 17.2 Å². The number of hydrogen-bond donors (Lipinski definition) is 1. The molecule has 0 aliphatic carbocycles. The van der Waals surface area contributed by atoms with Crippen LogP contribution < -0.4 is 10.2 Å². The number of piperidine rings is 1. The van der Waals surface area contributed by atoms with E-state index in [2.05, 4.69) is 46.1 Å². The van der Waals surface area contributed by atoms with Crippen LogP contribution in [0.5, 0.6) is 0 Å². The van der Waals surface area contributed by atoms with Crippen molar-refractivity contribution in [2.75, 3.05) is 18.0 Å². The highest BCUT2D eigenvalue weighted by atomic mass is 16.2. The van der Waals surface area contributed by atoms with Crippen LogP contribution in [-0.2, 0) is 11.8 Å². The van der Waals surface area contributed by atoms with E-state index in [1.54, 1.807) is 21.5 Å². The van der Waals surface area contributed by atoms with Gasteiger partial charge in [0.05, 0.1) is 29.4 Å². The van der Waals surface area contributed by atoms with Crippen LogP contribution in [0.15, 0.2) is 61.8 Å². The highest BCUT2D eigenvalue weighted by molar-refractivity contribution is 5.87. The summed E-state index contributed by atoms with van der Waals surface area (Å²) < 4.78 is 3.51. The Bertz CT molecular complexity index is 1520. The molecule has 9 heteroatoms. The lowest BCUT2D eigenvalue weighted by atomic mass is 9.84. The lowest BCUT2D eigenvalue weighted by Crippen LogP contribution is -2.56. The summed E-state index contributed by atoms with van der Waals surface area (Å²) in [5, 5.41) is 21.7. The minimum Gasteiger partial charge on any atom is -0.356 e. The van der Waals surface area contributed by atoms with Crippen molar-refractivity contribution in [2.24, 2.45) is 13.0 Å². The monoisotopic (exact) mass is 508 g/mol. The first-order valence-corrected chi connectivity index (χ1v) is 12.9. The molecule has 1 fully saturated rings. The third-order valence-electron chi connectivity index (χ3n) is 7.71. The number of aromatic nitrogens is 5. The maximum atomic E-state index is 12.5. The summed E-state index contributed by atoms with van der Waals surface area (Å²) in [5.41, 5.74) is 4.80. The van der Waals surface area contributed by atoms with Gasteiger partial charge in [0.15, 0.2) is 0 Å². The van der Waals surface area contributed by atoms with Gasteiger partial charge in [0, 0.05) is 66.5 Å². The molecule has 4 aromatic heterocycles. The lowest BCUT2D eigenvalue weighted by Gasteiger charge is -2.42. The summed E-state index contributed by atoms with van der Waals surface area (Å²) in [6.07, 6.45) is 13.4. The molecule has 4 aromatic rings. The average molecular weight is 509 g/mol. The summed E-state index contributed by atoms with van der Waals surface area (Å²) in [6.45, 7) is 9.37. The standard InChI is InChI=1S/C29H32N8O/c1-5-20(3)28(38)34-29(6-2)9-11-36(12-10-29)26-8-7-21(15-31-26)25-13-22(24-17-32-35(4)18-24)19-37-27(25)23(14-30)16-33-37/h5,7-8,13,15-20H,1,6,9-12H2,2-4H3,(H,34,38). The first-order valence-electron chi connectivity index (χ1n) is 12.9. The molecule has 1 saturated heterocycles. The molecular formula is C29H32N8O. The Morgan fingerprint density at radius 2 is 1.97 bits per heavy atom. The van der Waals surface area contributed by atoms with Crippen molar-refractivity contribution in [3.63, 3.8) is 0 Å². The van der Waals surface area contributed by atoms with E-state index in [0.29, 0.717) is 5.56 Å². The summed E-state index contributed by atoms with van der Waals surface area (Å²) >= 11 is 0. The van der Waals surface area contributed by atoms with E-state index < -0.39 is 0 Å². The molecule has 5 heterocycles. The Morgan fingerprint density at radius 1 is 1.18 bits per heavy atom. The summed E-state index contributed by atoms with van der Waals surface area (Å²) in [6, 6.07) is 8.40. The van der Waals surface area contributed by atoms with Gasteiger partial charge in [-0.2, -0.15) is 15.5 Å². The maximum absolute atomic E-state index is 12.5. The number of carbonyl (C=O) groups is 1. The molecule has 0 radical (unpaired) electrons. The second-order valence-corrected chi connectivity index (χ2v) is 10.0. The fourth-order valence-electron chi connectivity index (χ4n) is 5.10. The average Bonchev–Trinajstić information content (AvgIpc) is 3.58. The Kier molecular flexibility index (Phi) is 6.72. The number of rotatable bonds is 7. The number of anilines is 1. The minimum absolute atomic E-state index is 0.0363. The zero-order chi connectivity index (χ0) is 26.9. The van der Waals surface area contributed by atoms with Gasteiger partial charge in [-0.3, -0.25) is 9.48 Å². The number of hydrogen-bond acceptors (Lipinski definition) is 6. The second-order valence-electron chi connectivity index (χ2n) is 10.0. The summed E-state index contributed by atoms with van der Waals surface area (Å²) in [7, 11) is 1.88. The van der Waals surface area contributed by atoms with Gasteiger partial charge in [-0.05, 0) is 37.5 Å². The highest BCUT2D eigenvalue weighted by Gasteiger charge is 2.35. The van der Waals surface area contributed by atoms with Gasteiger partial charge < -0.3 is 10.2 Å². The molecule has 5 rings (SSSR count). The predicted octanol–water partition coefficient (Wildman–Crippen LogP) is 4.36. The van der Waals surface area contributed by atoms with Crippen LogP contribution in [0.1, 0.15) is 38.7 Å². The fraction of sp³-hybridized carbons (Fsp3) is 0.345. The fourth-order valence-corrected chi connectivity index (χ4v) is 5.10. The minimum atomic E-state index is -0.203. The van der Waals surface area contributed by atoms with Crippen LogP contribution in [0.4, 0.5) is 5.82 Å². The zero-order valence-corrected chi connectivity index (χ0v) is 22.1. The number of pyridine rings is 2. The van der Waals surface area contributed by atoms with E-state index in [1.807, 2.05) is 50.9 Å². The third kappa shape index (κ3) is 4.65. The molecular weight excluding hydrogens is 476 g/mol. The predicted molar refractivity (Wildman–Crippen MR) is 147 cm³/mol. The molecule has 0 aromatic carbocycles. The molecule has 0 bridgehead atoms. The van der Waals surface area contributed by atoms with Gasteiger partial charge in [0.25, 0.3) is 0 Å². The van der Waals surface area contributed by atoms with Crippen molar-refractivity contribution < 1.29 is 4.79 Å². The van der Waals surface area contributed by atoms with Crippen molar-refractivity contribution in [1.29, 1.82) is 5.26 Å². The molecule has 1 amide bonds. The first kappa shape index (κ1) is 25.2. The van der Waals surface area contributed by atoms with Gasteiger partial charge in [0.1, 0.15) is 11.9 Å². The van der Waals surface area contributed by atoms with Crippen LogP contribution in [0.3, 0.4) is 0 Å². The Morgan fingerprint density at radius 3 is 2.58 bits per heavy atom. The molecule has 1 unspecified atom stereocenters. The number of fused-ring (bicyclic) bond motifs is 1. The van der Waals surface area contributed by atoms with Crippen LogP contribution in [0.25, 0.3) is 27.8 Å². The maximum Gasteiger partial charge on any atom is 0.227 e. The van der Waals surface area contributed by atoms with Crippen LogP contribution >= 0.6 is 0 Å². The number of amides is 1. The van der Waals surface area contributed by atoms with Crippen LogP contribution in [0.2, 0.25) is 0 Å². The quantitative estimate of drug-likeness (QED) is 0.372. The van der Waals surface area contributed by atoms with Crippen LogP contribution in [-0.4, -0.2) is 48.9 Å². The Hall–Kier alpha value is -4.45. The topological polar surface area (TPSA) is 104 Å². The first-order chi connectivity index (χ1) is 18.4. The molecule has 0 saturated carbocycles. The van der Waals surface area contributed by atoms with Gasteiger partial charge in [-0.25, -0.2) is 9.50 Å². The molecule has 1 aliphatic heterocycles. The second kappa shape index (κ2) is 10.1. The molecule has 38 heavy (non-hydrogen) atoms.